The summed E-state index contributed by atoms with van der Waals surface area (Å²) in [7, 11) is 0. The lowest BCUT2D eigenvalue weighted by Crippen LogP contribution is -2.44. The molecule has 21 heavy (non-hydrogen) atoms. The smallest absolute Gasteiger partial charge is 0.124 e. The molecule has 2 unspecified atom stereocenters. The van der Waals surface area contributed by atoms with Crippen LogP contribution in [-0.2, 0) is 4.74 Å². The first kappa shape index (κ1) is 15.5. The van der Waals surface area contributed by atoms with E-state index >= 15 is 0 Å². The summed E-state index contributed by atoms with van der Waals surface area (Å²) in [6.07, 6.45) is 3.25. The number of ether oxygens (including phenoxy) is 2. The molecule has 2 N–H and O–H groups in total. The van der Waals surface area contributed by atoms with E-state index in [-0.39, 0.29) is 17.7 Å². The molecule has 5 heteroatoms. The average molecular weight is 328 g/mol. The molecule has 116 valence electrons. The summed E-state index contributed by atoms with van der Waals surface area (Å²) in [4.78, 5) is 0. The summed E-state index contributed by atoms with van der Waals surface area (Å²) in [5.41, 5.74) is 7.05. The molecule has 2 aliphatic rings. The van der Waals surface area contributed by atoms with Crippen LogP contribution in [0.1, 0.15) is 37.8 Å². The van der Waals surface area contributed by atoms with E-state index in [1.807, 2.05) is 36.9 Å². The summed E-state index contributed by atoms with van der Waals surface area (Å²) >= 11 is 8.05. The number of thioether (sulfide) groups is 1. The highest BCUT2D eigenvalue weighted by Crippen LogP contribution is 2.40. The van der Waals surface area contributed by atoms with Crippen molar-refractivity contribution in [1.82, 2.24) is 0 Å². The molecule has 1 aromatic rings. The van der Waals surface area contributed by atoms with Crippen LogP contribution < -0.4 is 10.5 Å². The second-order valence-electron chi connectivity index (χ2n) is 6.04. The fourth-order valence-corrected chi connectivity index (χ4v) is 4.67. The van der Waals surface area contributed by atoms with Crippen LogP contribution in [0.4, 0.5) is 0 Å². The molecule has 1 spiro atoms. The van der Waals surface area contributed by atoms with Crippen LogP contribution in [0.5, 0.6) is 5.75 Å². The van der Waals surface area contributed by atoms with Crippen LogP contribution in [-0.4, -0.2) is 29.8 Å². The standard InChI is InChI=1S/C16H22ClNO2S/c1-11(18)14-8-12(17)2-3-15(14)20-13-4-6-19-16(9-13)5-7-21-10-16/h2-3,8,11,13H,4-7,9-10,18H2,1H3/t11-,13?,16?/m1/s1. The van der Waals surface area contributed by atoms with E-state index < -0.39 is 0 Å². The highest BCUT2D eigenvalue weighted by Gasteiger charge is 2.41. The molecule has 0 bridgehead atoms. The van der Waals surface area contributed by atoms with Gasteiger partial charge in [-0.25, -0.2) is 0 Å². The molecule has 0 amide bonds. The van der Waals surface area contributed by atoms with Crippen LogP contribution in [0.2, 0.25) is 5.02 Å². The fourth-order valence-electron chi connectivity index (χ4n) is 3.11. The quantitative estimate of drug-likeness (QED) is 0.917. The van der Waals surface area contributed by atoms with Crippen molar-refractivity contribution in [3.63, 3.8) is 0 Å². The van der Waals surface area contributed by atoms with Gasteiger partial charge in [0.15, 0.2) is 0 Å². The van der Waals surface area contributed by atoms with Gasteiger partial charge in [0, 0.05) is 35.2 Å². The molecule has 2 heterocycles. The number of benzene rings is 1. The lowest BCUT2D eigenvalue weighted by Gasteiger charge is -2.38. The number of rotatable bonds is 3. The van der Waals surface area contributed by atoms with E-state index in [9.17, 15) is 0 Å². The summed E-state index contributed by atoms with van der Waals surface area (Å²) in [6.45, 7) is 2.74. The monoisotopic (exact) mass is 327 g/mol. The van der Waals surface area contributed by atoms with Crippen molar-refractivity contribution in [3.05, 3.63) is 28.8 Å². The highest BCUT2D eigenvalue weighted by molar-refractivity contribution is 7.99. The lowest BCUT2D eigenvalue weighted by atomic mass is 9.91. The lowest BCUT2D eigenvalue weighted by molar-refractivity contribution is -0.0960. The third-order valence-electron chi connectivity index (χ3n) is 4.27. The molecule has 2 aliphatic heterocycles. The first-order valence-electron chi connectivity index (χ1n) is 7.51. The molecule has 0 aliphatic carbocycles. The third kappa shape index (κ3) is 3.50. The third-order valence-corrected chi connectivity index (χ3v) is 5.73. The Kier molecular flexibility index (Phi) is 4.69. The maximum Gasteiger partial charge on any atom is 0.124 e. The highest BCUT2D eigenvalue weighted by atomic mass is 35.5. The molecule has 3 rings (SSSR count). The Morgan fingerprint density at radius 2 is 2.38 bits per heavy atom. The Labute approximate surface area is 135 Å². The Bertz CT molecular complexity index is 503. The molecule has 3 atom stereocenters. The SMILES string of the molecule is C[C@@H](N)c1cc(Cl)ccc1OC1CCOC2(CCSC2)C1. The van der Waals surface area contributed by atoms with Crippen LogP contribution in [0, 0.1) is 0 Å². The van der Waals surface area contributed by atoms with E-state index in [1.165, 1.54) is 5.75 Å². The van der Waals surface area contributed by atoms with Crippen molar-refractivity contribution in [1.29, 1.82) is 0 Å². The number of halogens is 1. The molecule has 2 fully saturated rings. The number of hydrogen-bond acceptors (Lipinski definition) is 4. The van der Waals surface area contributed by atoms with Crippen molar-refractivity contribution in [2.45, 2.75) is 43.9 Å². The summed E-state index contributed by atoms with van der Waals surface area (Å²) in [5, 5.41) is 0.699. The van der Waals surface area contributed by atoms with E-state index in [1.54, 1.807) is 0 Å². The predicted molar refractivity (Wildman–Crippen MR) is 88.3 cm³/mol. The van der Waals surface area contributed by atoms with E-state index in [0.29, 0.717) is 5.02 Å². The van der Waals surface area contributed by atoms with Gasteiger partial charge in [-0.3, -0.25) is 0 Å². The van der Waals surface area contributed by atoms with E-state index in [2.05, 4.69) is 0 Å². The van der Waals surface area contributed by atoms with Crippen molar-refractivity contribution >= 4 is 23.4 Å². The van der Waals surface area contributed by atoms with Gasteiger partial charge in [-0.1, -0.05) is 11.6 Å². The first-order valence-corrected chi connectivity index (χ1v) is 9.05. The maximum absolute atomic E-state index is 6.26. The van der Waals surface area contributed by atoms with E-state index in [0.717, 1.165) is 42.9 Å². The summed E-state index contributed by atoms with van der Waals surface area (Å²) in [6, 6.07) is 5.62. The number of nitrogens with two attached hydrogens (primary N) is 1. The Morgan fingerprint density at radius 1 is 1.52 bits per heavy atom. The molecule has 2 saturated heterocycles. The Hall–Kier alpha value is -0.420. The molecule has 0 aromatic heterocycles. The summed E-state index contributed by atoms with van der Waals surface area (Å²) in [5.74, 6) is 3.15. The summed E-state index contributed by atoms with van der Waals surface area (Å²) < 4.78 is 12.3. The van der Waals surface area contributed by atoms with Crippen LogP contribution in [0.15, 0.2) is 18.2 Å². The molecule has 3 nitrogen and oxygen atoms in total. The zero-order valence-corrected chi connectivity index (χ0v) is 13.9. The van der Waals surface area contributed by atoms with Gasteiger partial charge in [-0.15, -0.1) is 0 Å². The topological polar surface area (TPSA) is 44.5 Å². The van der Waals surface area contributed by atoms with Crippen molar-refractivity contribution in [3.8, 4) is 5.75 Å². The second-order valence-corrected chi connectivity index (χ2v) is 7.58. The van der Waals surface area contributed by atoms with Crippen molar-refractivity contribution in [2.75, 3.05) is 18.1 Å². The largest absolute Gasteiger partial charge is 0.490 e. The zero-order valence-electron chi connectivity index (χ0n) is 12.3. The Morgan fingerprint density at radius 3 is 3.10 bits per heavy atom. The second kappa shape index (κ2) is 6.37. The van der Waals surface area contributed by atoms with Gasteiger partial charge in [-0.05, 0) is 37.3 Å². The Balaban J connectivity index is 1.74. The minimum Gasteiger partial charge on any atom is -0.490 e. The van der Waals surface area contributed by atoms with Gasteiger partial charge in [-0.2, -0.15) is 11.8 Å². The number of hydrogen-bond donors (Lipinski definition) is 1. The minimum atomic E-state index is -0.0884. The molecule has 0 radical (unpaired) electrons. The van der Waals surface area contributed by atoms with Crippen LogP contribution in [0.3, 0.4) is 0 Å². The molecule has 1 aromatic carbocycles. The minimum absolute atomic E-state index is 0.0362. The van der Waals surface area contributed by atoms with E-state index in [4.69, 9.17) is 26.8 Å². The maximum atomic E-state index is 6.26. The van der Waals surface area contributed by atoms with Crippen LogP contribution in [0.25, 0.3) is 0 Å². The average Bonchev–Trinajstić information content (AvgIpc) is 2.88. The van der Waals surface area contributed by atoms with Gasteiger partial charge in [0.1, 0.15) is 11.9 Å². The predicted octanol–water partition coefficient (Wildman–Crippen LogP) is 3.79. The molecular formula is C16H22ClNO2S. The van der Waals surface area contributed by atoms with Gasteiger partial charge in [0.25, 0.3) is 0 Å². The van der Waals surface area contributed by atoms with Gasteiger partial charge >= 0.3 is 0 Å². The molecular weight excluding hydrogens is 306 g/mol. The fraction of sp³-hybridized carbons (Fsp3) is 0.625. The zero-order chi connectivity index (χ0) is 14.9. The first-order chi connectivity index (χ1) is 10.1. The molecule has 0 saturated carbocycles. The van der Waals surface area contributed by atoms with Crippen molar-refractivity contribution in [2.24, 2.45) is 5.73 Å². The van der Waals surface area contributed by atoms with Gasteiger partial charge in [0.05, 0.1) is 12.2 Å². The van der Waals surface area contributed by atoms with Crippen molar-refractivity contribution < 1.29 is 9.47 Å². The van der Waals surface area contributed by atoms with Crippen LogP contribution >= 0.6 is 23.4 Å². The van der Waals surface area contributed by atoms with Gasteiger partial charge in [0.2, 0.25) is 0 Å². The normalized spacial score (nSPS) is 30.5. The van der Waals surface area contributed by atoms with Gasteiger partial charge < -0.3 is 15.2 Å².